The van der Waals surface area contributed by atoms with E-state index in [0.29, 0.717) is 23.2 Å². The molecule has 1 unspecified atom stereocenters. The molecular formula is C21H21N3O3S. The highest BCUT2D eigenvalue weighted by molar-refractivity contribution is 7.92. The van der Waals surface area contributed by atoms with Gasteiger partial charge >= 0.3 is 0 Å². The van der Waals surface area contributed by atoms with E-state index < -0.39 is 16.1 Å². The molecule has 4 rings (SSSR count). The number of aromatic amines is 1. The zero-order valence-corrected chi connectivity index (χ0v) is 16.1. The van der Waals surface area contributed by atoms with Crippen LogP contribution in [-0.4, -0.2) is 32.1 Å². The molecule has 144 valence electrons. The first-order chi connectivity index (χ1) is 13.5. The molecule has 1 aromatic heterocycles. The number of aromatic nitrogens is 1. The van der Waals surface area contributed by atoms with Gasteiger partial charge in [-0.05, 0) is 42.1 Å². The second-order valence-corrected chi connectivity index (χ2v) is 8.34. The van der Waals surface area contributed by atoms with Gasteiger partial charge in [0.05, 0.1) is 16.7 Å². The van der Waals surface area contributed by atoms with Crippen molar-refractivity contribution >= 4 is 37.4 Å². The number of H-pyrrole nitrogens is 1. The largest absolute Gasteiger partial charge is 0.387 e. The normalized spacial score (nSPS) is 13.1. The van der Waals surface area contributed by atoms with Crippen LogP contribution in [0.5, 0.6) is 0 Å². The van der Waals surface area contributed by atoms with Crippen LogP contribution in [0.15, 0.2) is 71.8 Å². The molecule has 4 aromatic rings. The van der Waals surface area contributed by atoms with Crippen molar-refractivity contribution in [3.63, 3.8) is 0 Å². The number of fused-ring (bicyclic) bond motifs is 2. The van der Waals surface area contributed by atoms with Gasteiger partial charge < -0.3 is 15.4 Å². The second kappa shape index (κ2) is 7.27. The summed E-state index contributed by atoms with van der Waals surface area (Å²) in [5.74, 6) is 0. The average Bonchev–Trinajstić information content (AvgIpc) is 3.13. The van der Waals surface area contributed by atoms with Gasteiger partial charge in [0.25, 0.3) is 10.0 Å². The number of sulfonamides is 1. The van der Waals surface area contributed by atoms with E-state index in [9.17, 15) is 13.5 Å². The number of aliphatic hydroxyl groups excluding tert-OH is 1. The summed E-state index contributed by atoms with van der Waals surface area (Å²) in [7, 11) is -2.04. The molecule has 0 aliphatic rings. The molecule has 7 heteroatoms. The maximum Gasteiger partial charge on any atom is 0.261 e. The molecule has 0 spiro atoms. The second-order valence-electron chi connectivity index (χ2n) is 6.66. The zero-order valence-electron chi connectivity index (χ0n) is 15.3. The highest BCUT2D eigenvalue weighted by Gasteiger charge is 2.20. The Bertz CT molecular complexity index is 1250. The highest BCUT2D eigenvalue weighted by atomic mass is 32.2. The van der Waals surface area contributed by atoms with Crippen LogP contribution in [-0.2, 0) is 10.0 Å². The van der Waals surface area contributed by atoms with Crippen LogP contribution in [0.25, 0.3) is 21.7 Å². The van der Waals surface area contributed by atoms with Gasteiger partial charge in [0, 0.05) is 29.2 Å². The maximum atomic E-state index is 13.0. The third-order valence-corrected chi connectivity index (χ3v) is 6.13. The van der Waals surface area contributed by atoms with Gasteiger partial charge in [-0.1, -0.05) is 36.4 Å². The van der Waals surface area contributed by atoms with Crippen molar-refractivity contribution in [2.75, 3.05) is 18.3 Å². The predicted molar refractivity (Wildman–Crippen MR) is 112 cm³/mol. The first kappa shape index (κ1) is 18.5. The molecule has 3 aromatic carbocycles. The van der Waals surface area contributed by atoms with Crippen molar-refractivity contribution in [1.29, 1.82) is 0 Å². The number of hydrogen-bond acceptors (Lipinski definition) is 4. The van der Waals surface area contributed by atoms with E-state index in [-0.39, 0.29) is 4.90 Å². The first-order valence-corrected chi connectivity index (χ1v) is 10.4. The number of likely N-dealkylation sites (N-methyl/N-ethyl adjacent to an activating group) is 1. The number of nitrogens with one attached hydrogen (secondary N) is 3. The van der Waals surface area contributed by atoms with E-state index in [1.807, 2.05) is 30.3 Å². The summed E-state index contributed by atoms with van der Waals surface area (Å²) in [4.78, 5) is 3.29. The minimum atomic E-state index is -3.79. The molecule has 1 atom stereocenters. The Morgan fingerprint density at radius 1 is 1.04 bits per heavy atom. The van der Waals surface area contributed by atoms with Crippen LogP contribution in [0.1, 0.15) is 11.7 Å². The third kappa shape index (κ3) is 3.35. The highest BCUT2D eigenvalue weighted by Crippen LogP contribution is 2.32. The maximum absolute atomic E-state index is 13.0. The predicted octanol–water partition coefficient (Wildman–Crippen LogP) is 3.37. The quantitative estimate of drug-likeness (QED) is 0.403. The molecule has 0 aliphatic carbocycles. The van der Waals surface area contributed by atoms with Crippen LogP contribution in [0.2, 0.25) is 0 Å². The number of hydrogen-bond donors (Lipinski definition) is 4. The topological polar surface area (TPSA) is 94.2 Å². The SMILES string of the molecule is CNCC(O)c1c[nH]c2cccc(NS(=O)(=O)c3ccc4ccccc4c3)c12. The first-order valence-electron chi connectivity index (χ1n) is 8.94. The Morgan fingerprint density at radius 2 is 1.82 bits per heavy atom. The summed E-state index contributed by atoms with van der Waals surface area (Å²) < 4.78 is 28.7. The van der Waals surface area contributed by atoms with Gasteiger partial charge in [-0.25, -0.2) is 8.42 Å². The Hall–Kier alpha value is -2.87. The lowest BCUT2D eigenvalue weighted by atomic mass is 10.1. The Kier molecular flexibility index (Phi) is 4.80. The summed E-state index contributed by atoms with van der Waals surface area (Å²) in [6.07, 6.45) is 0.950. The number of benzene rings is 3. The van der Waals surface area contributed by atoms with Gasteiger partial charge in [0.1, 0.15) is 0 Å². The van der Waals surface area contributed by atoms with Crippen LogP contribution in [0.3, 0.4) is 0 Å². The standard InChI is InChI=1S/C21H21N3O3S/c1-22-13-20(25)17-12-23-18-7-4-8-19(21(17)18)24-28(26,27)16-10-9-14-5-2-3-6-15(14)11-16/h2-12,20,22-25H,13H2,1H3. The molecule has 0 bridgehead atoms. The van der Waals surface area contributed by atoms with E-state index in [4.69, 9.17) is 0 Å². The van der Waals surface area contributed by atoms with Crippen molar-refractivity contribution in [3.05, 3.63) is 72.4 Å². The molecule has 0 amide bonds. The summed E-state index contributed by atoms with van der Waals surface area (Å²) in [6.45, 7) is 0.360. The smallest absolute Gasteiger partial charge is 0.261 e. The third-order valence-electron chi connectivity index (χ3n) is 4.77. The van der Waals surface area contributed by atoms with Crippen LogP contribution >= 0.6 is 0 Å². The molecular weight excluding hydrogens is 374 g/mol. The van der Waals surface area contributed by atoms with Gasteiger partial charge in [0.2, 0.25) is 0 Å². The van der Waals surface area contributed by atoms with Gasteiger partial charge in [-0.3, -0.25) is 4.72 Å². The molecule has 6 nitrogen and oxygen atoms in total. The van der Waals surface area contributed by atoms with Crippen molar-refractivity contribution < 1.29 is 13.5 Å². The molecule has 0 aliphatic heterocycles. The molecule has 0 saturated heterocycles. The van der Waals surface area contributed by atoms with Gasteiger partial charge in [0.15, 0.2) is 0 Å². The van der Waals surface area contributed by atoms with Crippen molar-refractivity contribution in [3.8, 4) is 0 Å². The van der Waals surface area contributed by atoms with E-state index in [1.54, 1.807) is 43.6 Å². The van der Waals surface area contributed by atoms with E-state index in [2.05, 4.69) is 15.0 Å². The molecule has 4 N–H and O–H groups in total. The van der Waals surface area contributed by atoms with Crippen LogP contribution in [0.4, 0.5) is 5.69 Å². The summed E-state index contributed by atoms with van der Waals surface area (Å²) in [6, 6.07) is 18.0. The minimum absolute atomic E-state index is 0.191. The number of aliphatic hydroxyl groups is 1. The molecule has 0 fully saturated rings. The lowest BCUT2D eigenvalue weighted by molar-refractivity contribution is 0.179. The summed E-state index contributed by atoms with van der Waals surface area (Å²) in [5, 5.41) is 15.8. The summed E-state index contributed by atoms with van der Waals surface area (Å²) >= 11 is 0. The van der Waals surface area contributed by atoms with Crippen molar-refractivity contribution in [2.45, 2.75) is 11.0 Å². The fourth-order valence-electron chi connectivity index (χ4n) is 3.40. The van der Waals surface area contributed by atoms with Crippen molar-refractivity contribution in [1.82, 2.24) is 10.3 Å². The van der Waals surface area contributed by atoms with Crippen LogP contribution < -0.4 is 10.0 Å². The Labute approximate surface area is 163 Å². The lowest BCUT2D eigenvalue weighted by Crippen LogP contribution is -2.17. The zero-order chi connectivity index (χ0) is 19.7. The lowest BCUT2D eigenvalue weighted by Gasteiger charge is -2.13. The summed E-state index contributed by atoms with van der Waals surface area (Å²) in [5.41, 5.74) is 1.82. The van der Waals surface area contributed by atoms with E-state index in [0.717, 1.165) is 16.3 Å². The van der Waals surface area contributed by atoms with E-state index >= 15 is 0 Å². The number of anilines is 1. The Morgan fingerprint density at radius 3 is 2.61 bits per heavy atom. The van der Waals surface area contributed by atoms with Gasteiger partial charge in [-0.15, -0.1) is 0 Å². The van der Waals surface area contributed by atoms with Crippen LogP contribution in [0, 0.1) is 0 Å². The minimum Gasteiger partial charge on any atom is -0.387 e. The van der Waals surface area contributed by atoms with E-state index in [1.165, 1.54) is 0 Å². The fraction of sp³-hybridized carbons (Fsp3) is 0.143. The number of rotatable bonds is 6. The molecule has 0 radical (unpaired) electrons. The van der Waals surface area contributed by atoms with Crippen molar-refractivity contribution in [2.24, 2.45) is 0 Å². The Balaban J connectivity index is 1.76. The molecule has 28 heavy (non-hydrogen) atoms. The fourth-order valence-corrected chi connectivity index (χ4v) is 4.51. The molecule has 0 saturated carbocycles. The average molecular weight is 395 g/mol. The molecule has 1 heterocycles. The van der Waals surface area contributed by atoms with Gasteiger partial charge in [-0.2, -0.15) is 0 Å². The monoisotopic (exact) mass is 395 g/mol.